The predicted molar refractivity (Wildman–Crippen MR) is 108 cm³/mol. The highest BCUT2D eigenvalue weighted by Gasteiger charge is 2.30. The van der Waals surface area contributed by atoms with Crippen LogP contribution in [0.2, 0.25) is 0 Å². The molecule has 28 heavy (non-hydrogen) atoms. The molecule has 4 rings (SSSR count). The molecule has 1 aromatic heterocycles. The lowest BCUT2D eigenvalue weighted by molar-refractivity contribution is -0.121. The van der Waals surface area contributed by atoms with Crippen LogP contribution in [0.4, 0.5) is 5.69 Å². The number of thiazole rings is 1. The van der Waals surface area contributed by atoms with Gasteiger partial charge in [-0.15, -0.1) is 0 Å². The number of carbonyl (C=O) groups is 3. The van der Waals surface area contributed by atoms with Gasteiger partial charge in [-0.05, 0) is 36.8 Å². The standard InChI is InChI=1S/C21H19N3O3S/c1-2-12-23-16-8-3-4-9-17(16)28-21(23)22-20(27)14-6-5-7-15(13-14)24-18(25)10-11-19(24)26/h3-9,13H,2,10-12H2,1H3. The summed E-state index contributed by atoms with van der Waals surface area (Å²) in [5, 5.41) is 0. The monoisotopic (exact) mass is 393 g/mol. The van der Waals surface area contributed by atoms with E-state index in [1.54, 1.807) is 24.3 Å². The summed E-state index contributed by atoms with van der Waals surface area (Å²) in [7, 11) is 0. The average molecular weight is 393 g/mol. The highest BCUT2D eigenvalue weighted by atomic mass is 32.1. The third-order valence-electron chi connectivity index (χ3n) is 4.64. The first-order valence-electron chi connectivity index (χ1n) is 9.22. The van der Waals surface area contributed by atoms with E-state index >= 15 is 0 Å². The second kappa shape index (κ2) is 7.52. The van der Waals surface area contributed by atoms with Crippen LogP contribution in [0.3, 0.4) is 0 Å². The molecule has 3 aromatic rings. The predicted octanol–water partition coefficient (Wildman–Crippen LogP) is 3.51. The van der Waals surface area contributed by atoms with E-state index in [1.807, 2.05) is 24.3 Å². The van der Waals surface area contributed by atoms with Crippen molar-refractivity contribution in [2.45, 2.75) is 32.7 Å². The average Bonchev–Trinajstić information content (AvgIpc) is 3.22. The Bertz CT molecular complexity index is 1140. The molecule has 0 bridgehead atoms. The molecule has 7 heteroatoms. The van der Waals surface area contributed by atoms with Gasteiger partial charge >= 0.3 is 0 Å². The molecule has 1 saturated heterocycles. The number of carbonyl (C=O) groups excluding carboxylic acids is 3. The fourth-order valence-electron chi connectivity index (χ4n) is 3.34. The summed E-state index contributed by atoms with van der Waals surface area (Å²) in [4.78, 5) is 42.9. The van der Waals surface area contributed by atoms with E-state index in [0.29, 0.717) is 16.1 Å². The topological polar surface area (TPSA) is 71.7 Å². The zero-order valence-electron chi connectivity index (χ0n) is 15.4. The summed E-state index contributed by atoms with van der Waals surface area (Å²) in [6, 6.07) is 14.5. The van der Waals surface area contributed by atoms with Crippen LogP contribution in [-0.2, 0) is 16.1 Å². The Hall–Kier alpha value is -3.06. The maximum absolute atomic E-state index is 12.8. The number of aromatic nitrogens is 1. The van der Waals surface area contributed by atoms with E-state index < -0.39 is 5.91 Å². The number of anilines is 1. The number of fused-ring (bicyclic) bond motifs is 1. The lowest BCUT2D eigenvalue weighted by atomic mass is 10.2. The van der Waals surface area contributed by atoms with Gasteiger partial charge in [0.15, 0.2) is 4.80 Å². The van der Waals surface area contributed by atoms with Gasteiger partial charge in [0, 0.05) is 24.9 Å². The van der Waals surface area contributed by atoms with Gasteiger partial charge < -0.3 is 4.57 Å². The third-order valence-corrected chi connectivity index (χ3v) is 5.69. The fourth-order valence-corrected chi connectivity index (χ4v) is 4.39. The van der Waals surface area contributed by atoms with Crippen molar-refractivity contribution in [3.8, 4) is 0 Å². The van der Waals surface area contributed by atoms with Gasteiger partial charge in [-0.25, -0.2) is 0 Å². The highest BCUT2D eigenvalue weighted by Crippen LogP contribution is 2.24. The number of nitrogens with zero attached hydrogens (tertiary/aromatic N) is 3. The van der Waals surface area contributed by atoms with Crippen LogP contribution in [0.5, 0.6) is 0 Å². The van der Waals surface area contributed by atoms with E-state index in [4.69, 9.17) is 0 Å². The van der Waals surface area contributed by atoms with Crippen LogP contribution < -0.4 is 9.70 Å². The molecule has 1 fully saturated rings. The quantitative estimate of drug-likeness (QED) is 0.637. The van der Waals surface area contributed by atoms with E-state index in [9.17, 15) is 14.4 Å². The molecule has 1 aliphatic heterocycles. The minimum atomic E-state index is -0.391. The van der Waals surface area contributed by atoms with Gasteiger partial charge in [-0.1, -0.05) is 36.5 Å². The Morgan fingerprint density at radius 1 is 1.07 bits per heavy atom. The minimum Gasteiger partial charge on any atom is -0.316 e. The van der Waals surface area contributed by atoms with Crippen molar-refractivity contribution in [2.24, 2.45) is 4.99 Å². The molecule has 0 radical (unpaired) electrons. The number of benzene rings is 2. The first kappa shape index (κ1) is 18.3. The molecule has 0 saturated carbocycles. The molecular formula is C21H19N3O3S. The normalized spacial score (nSPS) is 15.0. The van der Waals surface area contributed by atoms with Gasteiger partial charge in [-0.2, -0.15) is 4.99 Å². The second-order valence-corrected chi connectivity index (χ2v) is 7.60. The Balaban J connectivity index is 1.74. The first-order valence-corrected chi connectivity index (χ1v) is 10.0. The summed E-state index contributed by atoms with van der Waals surface area (Å²) in [5.74, 6) is -0.869. The Morgan fingerprint density at radius 2 is 1.82 bits per heavy atom. The molecular weight excluding hydrogens is 374 g/mol. The van der Waals surface area contributed by atoms with Crippen molar-refractivity contribution < 1.29 is 14.4 Å². The largest absolute Gasteiger partial charge is 0.316 e. The van der Waals surface area contributed by atoms with Crippen molar-refractivity contribution in [1.82, 2.24) is 4.57 Å². The maximum atomic E-state index is 12.8. The smallest absolute Gasteiger partial charge is 0.279 e. The number of amides is 3. The maximum Gasteiger partial charge on any atom is 0.279 e. The van der Waals surface area contributed by atoms with E-state index in [0.717, 1.165) is 28.1 Å². The van der Waals surface area contributed by atoms with E-state index in [-0.39, 0.29) is 24.7 Å². The van der Waals surface area contributed by atoms with Gasteiger partial charge in [-0.3, -0.25) is 19.3 Å². The number of hydrogen-bond acceptors (Lipinski definition) is 4. The van der Waals surface area contributed by atoms with E-state index in [1.165, 1.54) is 11.3 Å². The molecule has 0 atom stereocenters. The lowest BCUT2D eigenvalue weighted by Gasteiger charge is -2.14. The molecule has 6 nitrogen and oxygen atoms in total. The van der Waals surface area contributed by atoms with Gasteiger partial charge in [0.25, 0.3) is 5.91 Å². The highest BCUT2D eigenvalue weighted by molar-refractivity contribution is 7.16. The molecule has 0 N–H and O–H groups in total. The van der Waals surface area contributed by atoms with Crippen molar-refractivity contribution in [3.63, 3.8) is 0 Å². The van der Waals surface area contributed by atoms with Crippen LogP contribution in [0.15, 0.2) is 53.5 Å². The molecule has 0 spiro atoms. The number of para-hydroxylation sites is 1. The van der Waals surface area contributed by atoms with E-state index in [2.05, 4.69) is 16.5 Å². The van der Waals surface area contributed by atoms with Crippen molar-refractivity contribution in [2.75, 3.05) is 4.90 Å². The molecule has 2 aromatic carbocycles. The lowest BCUT2D eigenvalue weighted by Crippen LogP contribution is -2.28. The Morgan fingerprint density at radius 3 is 2.57 bits per heavy atom. The number of rotatable bonds is 4. The molecule has 1 aliphatic rings. The number of hydrogen-bond donors (Lipinski definition) is 0. The third kappa shape index (κ3) is 3.29. The van der Waals surface area contributed by atoms with Crippen molar-refractivity contribution in [3.05, 3.63) is 58.9 Å². The Labute approximate surface area is 165 Å². The zero-order valence-corrected chi connectivity index (χ0v) is 16.2. The summed E-state index contributed by atoms with van der Waals surface area (Å²) < 4.78 is 3.12. The first-order chi connectivity index (χ1) is 13.6. The molecule has 0 aliphatic carbocycles. The summed E-state index contributed by atoms with van der Waals surface area (Å²) >= 11 is 1.47. The van der Waals surface area contributed by atoms with Crippen molar-refractivity contribution in [1.29, 1.82) is 0 Å². The summed E-state index contributed by atoms with van der Waals surface area (Å²) in [5.41, 5.74) is 1.83. The van der Waals surface area contributed by atoms with Gasteiger partial charge in [0.05, 0.1) is 15.9 Å². The zero-order chi connectivity index (χ0) is 19.7. The van der Waals surface area contributed by atoms with Crippen LogP contribution in [-0.4, -0.2) is 22.3 Å². The molecule has 0 unspecified atom stereocenters. The van der Waals surface area contributed by atoms with Crippen LogP contribution >= 0.6 is 11.3 Å². The molecule has 3 amide bonds. The second-order valence-electron chi connectivity index (χ2n) is 6.59. The van der Waals surface area contributed by atoms with Crippen LogP contribution in [0, 0.1) is 0 Å². The number of imide groups is 1. The van der Waals surface area contributed by atoms with Crippen LogP contribution in [0.1, 0.15) is 36.5 Å². The summed E-state index contributed by atoms with van der Waals surface area (Å²) in [6.45, 7) is 2.85. The van der Waals surface area contributed by atoms with Crippen LogP contribution in [0.25, 0.3) is 10.2 Å². The fraction of sp³-hybridized carbons (Fsp3) is 0.238. The van der Waals surface area contributed by atoms with Gasteiger partial charge in [0.2, 0.25) is 11.8 Å². The summed E-state index contributed by atoms with van der Waals surface area (Å²) in [6.07, 6.45) is 1.34. The molecule has 142 valence electrons. The van der Waals surface area contributed by atoms with Crippen molar-refractivity contribution >= 4 is 45.0 Å². The Kier molecular flexibility index (Phi) is 4.92. The minimum absolute atomic E-state index is 0.209. The SMILES string of the molecule is CCCn1c(=NC(=O)c2cccc(N3C(=O)CCC3=O)c2)sc2ccccc21. The molecule has 2 heterocycles. The number of aryl methyl sites for hydroxylation is 1. The van der Waals surface area contributed by atoms with Gasteiger partial charge in [0.1, 0.15) is 0 Å².